The molecule has 1 N–H and O–H groups in total. The van der Waals surface area contributed by atoms with E-state index >= 15 is 0 Å². The molecule has 0 aliphatic heterocycles. The van der Waals surface area contributed by atoms with E-state index in [9.17, 15) is 18.8 Å². The van der Waals surface area contributed by atoms with Crippen LogP contribution in [0, 0.1) is 11.7 Å². The highest BCUT2D eigenvalue weighted by atomic mass is 35.5. The van der Waals surface area contributed by atoms with Crippen LogP contribution in [-0.2, 0) is 13.1 Å². The van der Waals surface area contributed by atoms with Gasteiger partial charge in [0.2, 0.25) is 5.78 Å². The maximum atomic E-state index is 14.4. The predicted octanol–water partition coefficient (Wildman–Crippen LogP) is 3.84. The van der Waals surface area contributed by atoms with Crippen LogP contribution in [0.25, 0.3) is 16.7 Å². The number of carbonyl (C=O) groups is 1. The number of halogens is 2. The van der Waals surface area contributed by atoms with Gasteiger partial charge in [-0.15, -0.1) is 5.10 Å². The van der Waals surface area contributed by atoms with Gasteiger partial charge in [0, 0.05) is 28.7 Å². The molecule has 0 saturated carbocycles. The first-order valence-corrected chi connectivity index (χ1v) is 11.9. The predicted molar refractivity (Wildman–Crippen MR) is 134 cm³/mol. The fourth-order valence-corrected chi connectivity index (χ4v) is 4.15. The lowest BCUT2D eigenvalue weighted by Gasteiger charge is -2.14. The number of aromatic nitrogens is 4. The first kappa shape index (κ1) is 24.7. The third kappa shape index (κ3) is 4.60. The molecular formula is C25H27ClFN5O3. The maximum absolute atomic E-state index is 14.4. The van der Waals surface area contributed by atoms with Gasteiger partial charge in [0.1, 0.15) is 5.82 Å². The lowest BCUT2D eigenvalue weighted by atomic mass is 10.1. The van der Waals surface area contributed by atoms with Gasteiger partial charge >= 0.3 is 5.69 Å². The Hall–Kier alpha value is -3.46. The second-order valence-corrected chi connectivity index (χ2v) is 9.51. The first-order chi connectivity index (χ1) is 16.6. The van der Waals surface area contributed by atoms with Crippen molar-refractivity contribution in [2.24, 2.45) is 5.92 Å². The Balaban J connectivity index is 1.98. The summed E-state index contributed by atoms with van der Waals surface area (Å²) in [7, 11) is 0. The molecule has 4 rings (SSSR count). The highest BCUT2D eigenvalue weighted by Gasteiger charge is 2.21. The highest BCUT2D eigenvalue weighted by molar-refractivity contribution is 6.31. The van der Waals surface area contributed by atoms with E-state index in [2.05, 4.69) is 10.4 Å². The molecule has 0 spiro atoms. The van der Waals surface area contributed by atoms with Crippen molar-refractivity contribution in [3.63, 3.8) is 0 Å². The number of fused-ring (bicyclic) bond motifs is 3. The van der Waals surface area contributed by atoms with Crippen molar-refractivity contribution in [2.45, 2.75) is 53.2 Å². The van der Waals surface area contributed by atoms with Gasteiger partial charge in [-0.1, -0.05) is 38.4 Å². The number of amides is 1. The minimum atomic E-state index is -0.568. The van der Waals surface area contributed by atoms with Crippen LogP contribution in [0.1, 0.15) is 50.0 Å². The number of rotatable bonds is 7. The molecule has 184 valence electrons. The van der Waals surface area contributed by atoms with Crippen molar-refractivity contribution >= 4 is 34.2 Å². The Morgan fingerprint density at radius 1 is 1.17 bits per heavy atom. The Kier molecular flexibility index (Phi) is 6.80. The zero-order chi connectivity index (χ0) is 25.4. The summed E-state index contributed by atoms with van der Waals surface area (Å²) in [6.07, 6.45) is 0.758. The summed E-state index contributed by atoms with van der Waals surface area (Å²) in [5.74, 6) is -0.654. The molecule has 1 amide bonds. The smallest absolute Gasteiger partial charge is 0.350 e. The van der Waals surface area contributed by atoms with Gasteiger partial charge in [-0.2, -0.15) is 0 Å². The molecule has 0 aliphatic rings. The lowest BCUT2D eigenvalue weighted by molar-refractivity contribution is 0.0939. The second kappa shape index (κ2) is 9.65. The van der Waals surface area contributed by atoms with E-state index in [1.165, 1.54) is 33.2 Å². The summed E-state index contributed by atoms with van der Waals surface area (Å²) in [5, 5.41) is 7.73. The van der Waals surface area contributed by atoms with Crippen LogP contribution in [0.2, 0.25) is 5.02 Å². The molecule has 10 heteroatoms. The first-order valence-electron chi connectivity index (χ1n) is 11.5. The zero-order valence-electron chi connectivity index (χ0n) is 20.0. The van der Waals surface area contributed by atoms with Crippen molar-refractivity contribution in [1.82, 2.24) is 24.1 Å². The minimum Gasteiger partial charge on any atom is -0.350 e. The Labute approximate surface area is 205 Å². The molecule has 0 fully saturated rings. The third-order valence-electron chi connectivity index (χ3n) is 5.95. The number of nitrogens with one attached hydrogen (secondary N) is 1. The lowest BCUT2D eigenvalue weighted by Crippen LogP contribution is -2.32. The van der Waals surface area contributed by atoms with E-state index < -0.39 is 11.5 Å². The molecule has 1 atom stereocenters. The van der Waals surface area contributed by atoms with E-state index in [-0.39, 0.29) is 57.2 Å². The van der Waals surface area contributed by atoms with E-state index in [0.717, 1.165) is 11.1 Å². The molecule has 4 aromatic rings. The monoisotopic (exact) mass is 499 g/mol. The van der Waals surface area contributed by atoms with E-state index in [0.29, 0.717) is 12.1 Å². The number of nitrogens with zero attached hydrogens (tertiary/aromatic N) is 4. The quantitative estimate of drug-likeness (QED) is 0.418. The third-order valence-corrected chi connectivity index (χ3v) is 6.30. The van der Waals surface area contributed by atoms with Crippen molar-refractivity contribution in [2.75, 3.05) is 0 Å². The summed E-state index contributed by atoms with van der Waals surface area (Å²) in [5.41, 5.74) is -0.192. The zero-order valence-corrected chi connectivity index (χ0v) is 20.8. The van der Waals surface area contributed by atoms with E-state index in [4.69, 9.17) is 11.6 Å². The van der Waals surface area contributed by atoms with Crippen LogP contribution in [-0.4, -0.2) is 30.7 Å². The standard InChI is InChI=1S/C25H27ClFN5O3/c1-5-15(4)28-22(33)16-9-10-17-21(11-16)32-24(30(23(17)34)12-14(2)3)29-31(25(32)35)13-18-19(26)7-6-8-20(18)27/h6-11,14-15H,5,12-13H2,1-4H3,(H,28,33). The second-order valence-electron chi connectivity index (χ2n) is 9.10. The van der Waals surface area contributed by atoms with Crippen LogP contribution >= 0.6 is 11.6 Å². The maximum Gasteiger partial charge on any atom is 0.352 e. The molecule has 2 aromatic carbocycles. The van der Waals surface area contributed by atoms with Gasteiger partial charge in [0.05, 0.1) is 17.4 Å². The number of benzene rings is 2. The van der Waals surface area contributed by atoms with Gasteiger partial charge in [-0.25, -0.2) is 18.3 Å². The van der Waals surface area contributed by atoms with Crippen molar-refractivity contribution in [3.8, 4) is 0 Å². The SMILES string of the molecule is CCC(C)NC(=O)c1ccc2c(=O)n(CC(C)C)c3nn(Cc4c(F)cccc4Cl)c(=O)n3c2c1. The van der Waals surface area contributed by atoms with Crippen LogP contribution in [0.4, 0.5) is 4.39 Å². The number of hydrogen-bond acceptors (Lipinski definition) is 4. The molecule has 0 aliphatic carbocycles. The molecule has 0 bridgehead atoms. The summed E-state index contributed by atoms with van der Waals surface area (Å²) >= 11 is 6.17. The average Bonchev–Trinajstić information content (AvgIpc) is 3.14. The van der Waals surface area contributed by atoms with Gasteiger partial charge in [0.25, 0.3) is 11.5 Å². The normalized spacial score (nSPS) is 12.5. The van der Waals surface area contributed by atoms with E-state index in [1.54, 1.807) is 12.1 Å². The molecule has 8 nitrogen and oxygen atoms in total. The van der Waals surface area contributed by atoms with Crippen LogP contribution in [0.5, 0.6) is 0 Å². The minimum absolute atomic E-state index is 0.0340. The topological polar surface area (TPSA) is 90.4 Å². The van der Waals surface area contributed by atoms with Crippen molar-refractivity contribution < 1.29 is 9.18 Å². The van der Waals surface area contributed by atoms with Gasteiger partial charge in [0.15, 0.2) is 0 Å². The Morgan fingerprint density at radius 2 is 1.91 bits per heavy atom. The molecule has 0 radical (unpaired) electrons. The Morgan fingerprint density at radius 3 is 2.57 bits per heavy atom. The number of carbonyl (C=O) groups excluding carboxylic acids is 1. The summed E-state index contributed by atoms with van der Waals surface area (Å²) in [4.78, 5) is 39.6. The average molecular weight is 500 g/mol. The van der Waals surface area contributed by atoms with Gasteiger partial charge in [-0.3, -0.25) is 14.2 Å². The van der Waals surface area contributed by atoms with Crippen LogP contribution < -0.4 is 16.6 Å². The molecule has 2 aromatic heterocycles. The summed E-state index contributed by atoms with van der Waals surface area (Å²) in [6.45, 7) is 7.86. The molecule has 35 heavy (non-hydrogen) atoms. The Bertz CT molecular complexity index is 1530. The summed E-state index contributed by atoms with van der Waals surface area (Å²) < 4.78 is 18.3. The largest absolute Gasteiger partial charge is 0.352 e. The fraction of sp³-hybridized carbons (Fsp3) is 0.360. The van der Waals surface area contributed by atoms with Crippen LogP contribution in [0.3, 0.4) is 0 Å². The molecule has 2 heterocycles. The van der Waals surface area contributed by atoms with Gasteiger partial charge < -0.3 is 5.32 Å². The van der Waals surface area contributed by atoms with E-state index in [1.807, 2.05) is 27.7 Å². The summed E-state index contributed by atoms with van der Waals surface area (Å²) in [6, 6.07) is 8.88. The fourth-order valence-electron chi connectivity index (χ4n) is 3.93. The van der Waals surface area contributed by atoms with Crippen LogP contribution in [0.15, 0.2) is 46.0 Å². The van der Waals surface area contributed by atoms with Crippen molar-refractivity contribution in [3.05, 3.63) is 79.2 Å². The van der Waals surface area contributed by atoms with Crippen molar-refractivity contribution in [1.29, 1.82) is 0 Å². The highest BCUT2D eigenvalue weighted by Crippen LogP contribution is 2.20. The molecule has 1 unspecified atom stereocenters. The van der Waals surface area contributed by atoms with Gasteiger partial charge in [-0.05, 0) is 49.6 Å². The molecular weight excluding hydrogens is 473 g/mol. The number of hydrogen-bond donors (Lipinski definition) is 1. The molecule has 0 saturated heterocycles.